The van der Waals surface area contributed by atoms with Crippen molar-refractivity contribution in [2.24, 2.45) is 0 Å². The third kappa shape index (κ3) is 6.05. The normalized spacial score (nSPS) is 16.4. The molecule has 2 aromatic carbocycles. The van der Waals surface area contributed by atoms with E-state index in [0.717, 1.165) is 16.1 Å². The molecule has 4 rings (SSSR count). The van der Waals surface area contributed by atoms with Gasteiger partial charge in [0.15, 0.2) is 0 Å². The number of nitrogens with zero attached hydrogens (tertiary/aromatic N) is 4. The van der Waals surface area contributed by atoms with Crippen LogP contribution in [0.3, 0.4) is 0 Å². The van der Waals surface area contributed by atoms with Crippen molar-refractivity contribution in [2.45, 2.75) is 32.2 Å². The Labute approximate surface area is 198 Å². The van der Waals surface area contributed by atoms with Crippen molar-refractivity contribution in [1.82, 2.24) is 14.4 Å². The Morgan fingerprint density at radius 2 is 1.34 bits per heavy atom. The molecule has 0 radical (unpaired) electrons. The molecule has 1 fully saturated rings. The van der Waals surface area contributed by atoms with Crippen LogP contribution in [0.15, 0.2) is 42.5 Å². The summed E-state index contributed by atoms with van der Waals surface area (Å²) in [6.07, 6.45) is 5.17. The highest BCUT2D eigenvalue weighted by atomic mass is 35.5. The molecule has 2 heterocycles. The molecular formula is C27H40ClN4+. The highest BCUT2D eigenvalue weighted by molar-refractivity contribution is 6.31. The number of aryl methyl sites for hydroxylation is 1. The largest absolute Gasteiger partial charge is 0.340 e. The van der Waals surface area contributed by atoms with Crippen LogP contribution >= 0.6 is 11.6 Å². The third-order valence-electron chi connectivity index (χ3n) is 6.89. The first-order valence-electron chi connectivity index (χ1n) is 12.3. The van der Waals surface area contributed by atoms with Crippen molar-refractivity contribution in [1.29, 1.82) is 0 Å². The summed E-state index contributed by atoms with van der Waals surface area (Å²) in [5, 5.41) is 3.40. The second-order valence-electron chi connectivity index (χ2n) is 10.4. The highest BCUT2D eigenvalue weighted by Crippen LogP contribution is 2.31. The summed E-state index contributed by atoms with van der Waals surface area (Å²) in [6, 6.07) is 15.0. The van der Waals surface area contributed by atoms with Gasteiger partial charge >= 0.3 is 0 Å². The maximum Gasteiger partial charge on any atom is 0.0909 e. The molecule has 0 amide bonds. The molecule has 0 N–H and O–H groups in total. The Morgan fingerprint density at radius 3 is 2.06 bits per heavy atom. The predicted molar refractivity (Wildman–Crippen MR) is 139 cm³/mol. The van der Waals surface area contributed by atoms with Crippen LogP contribution in [0.1, 0.15) is 25.7 Å². The molecule has 4 nitrogen and oxygen atoms in total. The minimum absolute atomic E-state index is 0.814. The fourth-order valence-corrected chi connectivity index (χ4v) is 5.08. The van der Waals surface area contributed by atoms with Crippen LogP contribution < -0.4 is 0 Å². The summed E-state index contributed by atoms with van der Waals surface area (Å²) in [6.45, 7) is 9.75. The van der Waals surface area contributed by atoms with Gasteiger partial charge in [0.05, 0.1) is 27.7 Å². The van der Waals surface area contributed by atoms with Gasteiger partial charge in [0.2, 0.25) is 0 Å². The molecule has 1 saturated heterocycles. The van der Waals surface area contributed by atoms with Crippen LogP contribution in [-0.4, -0.2) is 85.8 Å². The fraction of sp³-hybridized carbons (Fsp3) is 0.556. The minimum atomic E-state index is 0.814. The number of likely N-dealkylation sites (N-methyl/N-ethyl adjacent to an activating group) is 1. The average molecular weight is 456 g/mol. The summed E-state index contributed by atoms with van der Waals surface area (Å²) < 4.78 is 3.54. The van der Waals surface area contributed by atoms with Crippen molar-refractivity contribution in [3.05, 3.63) is 47.5 Å². The predicted octanol–water partition coefficient (Wildman–Crippen LogP) is 5.33. The zero-order valence-electron chi connectivity index (χ0n) is 20.2. The van der Waals surface area contributed by atoms with E-state index in [1.807, 2.05) is 6.07 Å². The van der Waals surface area contributed by atoms with Crippen LogP contribution in [0.4, 0.5) is 0 Å². The van der Waals surface area contributed by atoms with Gasteiger partial charge in [0.25, 0.3) is 0 Å². The zero-order valence-corrected chi connectivity index (χ0v) is 20.9. The van der Waals surface area contributed by atoms with Gasteiger partial charge in [0, 0.05) is 66.1 Å². The molecule has 0 spiro atoms. The molecule has 0 unspecified atom stereocenters. The van der Waals surface area contributed by atoms with Crippen molar-refractivity contribution in [3.8, 4) is 0 Å². The van der Waals surface area contributed by atoms with E-state index in [1.165, 1.54) is 93.3 Å². The number of piperazine rings is 1. The minimum Gasteiger partial charge on any atom is -0.340 e. The lowest BCUT2D eigenvalue weighted by molar-refractivity contribution is -0.869. The van der Waals surface area contributed by atoms with Gasteiger partial charge in [-0.15, -0.1) is 0 Å². The molecule has 0 bridgehead atoms. The van der Waals surface area contributed by atoms with Crippen LogP contribution in [0.2, 0.25) is 5.02 Å². The molecule has 0 saturated carbocycles. The Morgan fingerprint density at radius 1 is 0.719 bits per heavy atom. The number of para-hydroxylation sites is 1. The Balaban J connectivity index is 1.19. The first-order chi connectivity index (χ1) is 15.4. The van der Waals surface area contributed by atoms with Gasteiger partial charge in [-0.1, -0.05) is 42.6 Å². The average Bonchev–Trinajstić information content (AvgIpc) is 3.08. The summed E-state index contributed by atoms with van der Waals surface area (Å²) >= 11 is 6.28. The second kappa shape index (κ2) is 10.6. The first-order valence-corrected chi connectivity index (χ1v) is 12.7. The van der Waals surface area contributed by atoms with Crippen LogP contribution in [0.5, 0.6) is 0 Å². The monoisotopic (exact) mass is 455 g/mol. The van der Waals surface area contributed by atoms with Gasteiger partial charge in [-0.25, -0.2) is 0 Å². The Bertz CT molecular complexity index is 1010. The molecular weight excluding hydrogens is 416 g/mol. The number of halogens is 1. The van der Waals surface area contributed by atoms with Crippen molar-refractivity contribution in [3.63, 3.8) is 0 Å². The summed E-state index contributed by atoms with van der Waals surface area (Å²) in [5.74, 6) is 0. The number of rotatable bonds is 10. The van der Waals surface area contributed by atoms with Crippen LogP contribution in [-0.2, 0) is 6.54 Å². The van der Waals surface area contributed by atoms with Crippen LogP contribution in [0, 0.1) is 0 Å². The van der Waals surface area contributed by atoms with Crippen molar-refractivity contribution >= 4 is 33.4 Å². The first kappa shape index (κ1) is 23.6. The van der Waals surface area contributed by atoms with E-state index in [2.05, 4.69) is 71.9 Å². The number of fused-ring (bicyclic) bond motifs is 3. The number of aromatic nitrogens is 1. The summed E-state index contributed by atoms with van der Waals surface area (Å²) in [4.78, 5) is 5.30. The molecule has 0 atom stereocenters. The smallest absolute Gasteiger partial charge is 0.0909 e. The summed E-state index contributed by atoms with van der Waals surface area (Å²) in [7, 11) is 6.85. The van der Waals surface area contributed by atoms with Crippen molar-refractivity contribution in [2.75, 3.05) is 67.0 Å². The molecule has 1 aliphatic rings. The van der Waals surface area contributed by atoms with Crippen LogP contribution in [0.25, 0.3) is 21.8 Å². The van der Waals surface area contributed by atoms with E-state index in [-0.39, 0.29) is 0 Å². The number of benzene rings is 2. The lowest BCUT2D eigenvalue weighted by Gasteiger charge is -2.36. The molecule has 5 heteroatoms. The number of hydrogen-bond donors (Lipinski definition) is 0. The van der Waals surface area contributed by atoms with E-state index >= 15 is 0 Å². The molecule has 32 heavy (non-hydrogen) atoms. The summed E-state index contributed by atoms with van der Waals surface area (Å²) in [5.41, 5.74) is 2.63. The Kier molecular flexibility index (Phi) is 7.78. The second-order valence-corrected chi connectivity index (χ2v) is 10.9. The molecule has 1 aliphatic heterocycles. The molecule has 1 aromatic heterocycles. The fourth-order valence-electron chi connectivity index (χ4n) is 4.90. The maximum absolute atomic E-state index is 6.28. The van der Waals surface area contributed by atoms with Gasteiger partial charge in [-0.2, -0.15) is 0 Å². The quantitative estimate of drug-likeness (QED) is 0.302. The Hall–Kier alpha value is -1.59. The molecule has 174 valence electrons. The SMILES string of the molecule is C[N+](C)(C)CCN1CCN(CCCCCCn2c3ccccc3c3cc(Cl)ccc32)CC1. The van der Waals surface area contributed by atoms with Gasteiger partial charge in [-0.3, -0.25) is 4.90 Å². The van der Waals surface area contributed by atoms with E-state index < -0.39 is 0 Å². The van der Waals surface area contributed by atoms with Gasteiger partial charge in [-0.05, 0) is 43.7 Å². The van der Waals surface area contributed by atoms with Crippen molar-refractivity contribution < 1.29 is 4.48 Å². The standard InChI is InChI=1S/C27H40ClN4/c1-32(2,3)21-20-30-18-16-29(17-19-30)14-8-4-5-9-15-31-26-11-7-6-10-24(26)25-22-23(28)12-13-27(25)31/h6-7,10-13,22H,4-5,8-9,14-21H2,1-3H3/q+1. The van der Waals surface area contributed by atoms with E-state index in [0.29, 0.717) is 0 Å². The number of unbranched alkanes of at least 4 members (excludes halogenated alkanes) is 3. The van der Waals surface area contributed by atoms with Gasteiger partial charge in [0.1, 0.15) is 0 Å². The van der Waals surface area contributed by atoms with Gasteiger partial charge < -0.3 is 14.0 Å². The molecule has 3 aromatic rings. The van der Waals surface area contributed by atoms with E-state index in [1.54, 1.807) is 0 Å². The van der Waals surface area contributed by atoms with E-state index in [4.69, 9.17) is 11.6 Å². The lowest BCUT2D eigenvalue weighted by Crippen LogP contribution is -2.50. The zero-order chi connectivity index (χ0) is 22.6. The number of hydrogen-bond acceptors (Lipinski definition) is 2. The third-order valence-corrected chi connectivity index (χ3v) is 7.13. The molecule has 0 aliphatic carbocycles. The number of quaternary nitrogens is 1. The lowest BCUT2D eigenvalue weighted by atomic mass is 10.1. The highest BCUT2D eigenvalue weighted by Gasteiger charge is 2.18. The topological polar surface area (TPSA) is 11.4 Å². The maximum atomic E-state index is 6.28. The van der Waals surface area contributed by atoms with E-state index in [9.17, 15) is 0 Å².